The summed E-state index contributed by atoms with van der Waals surface area (Å²) in [6.07, 6.45) is 6.53. The van der Waals surface area contributed by atoms with Crippen molar-refractivity contribution in [3.8, 4) is 0 Å². The molecule has 0 aliphatic heterocycles. The van der Waals surface area contributed by atoms with Crippen molar-refractivity contribution in [2.75, 3.05) is 0 Å². The number of hydrogen-bond donors (Lipinski definition) is 1. The highest BCUT2D eigenvalue weighted by atomic mass is 16.3. The van der Waals surface area contributed by atoms with Crippen molar-refractivity contribution < 1.29 is 5.11 Å². The number of hydrogen-bond acceptors (Lipinski definition) is 1. The van der Waals surface area contributed by atoms with Crippen LogP contribution in [-0.2, 0) is 12.0 Å². The predicted molar refractivity (Wildman–Crippen MR) is 72.0 cm³/mol. The van der Waals surface area contributed by atoms with Gasteiger partial charge in [0.1, 0.15) is 0 Å². The van der Waals surface area contributed by atoms with Crippen LogP contribution in [0.25, 0.3) is 0 Å². The average molecular weight is 232 g/mol. The minimum atomic E-state index is -0.568. The first kappa shape index (κ1) is 12.6. The monoisotopic (exact) mass is 232 g/mol. The lowest BCUT2D eigenvalue weighted by Gasteiger charge is -2.36. The molecule has 2 unspecified atom stereocenters. The number of aryl methyl sites for hydroxylation is 1. The normalized spacial score (nSPS) is 29.2. The summed E-state index contributed by atoms with van der Waals surface area (Å²) in [6, 6.07) is 8.57. The van der Waals surface area contributed by atoms with E-state index in [4.69, 9.17) is 0 Å². The van der Waals surface area contributed by atoms with Gasteiger partial charge in [0.25, 0.3) is 0 Å². The molecule has 1 fully saturated rings. The van der Waals surface area contributed by atoms with Gasteiger partial charge in [-0.25, -0.2) is 0 Å². The zero-order chi connectivity index (χ0) is 12.3. The van der Waals surface area contributed by atoms with Gasteiger partial charge in [0.05, 0.1) is 5.60 Å². The summed E-state index contributed by atoms with van der Waals surface area (Å²) < 4.78 is 0. The molecule has 0 spiro atoms. The minimum Gasteiger partial charge on any atom is -0.385 e. The molecular formula is C16H24O. The van der Waals surface area contributed by atoms with Gasteiger partial charge in [-0.2, -0.15) is 0 Å². The van der Waals surface area contributed by atoms with E-state index in [1.165, 1.54) is 12.0 Å². The van der Waals surface area contributed by atoms with E-state index >= 15 is 0 Å². The van der Waals surface area contributed by atoms with E-state index in [1.54, 1.807) is 0 Å². The predicted octanol–water partition coefficient (Wildman–Crippen LogP) is 4.04. The zero-order valence-electron chi connectivity index (χ0n) is 11.1. The summed E-state index contributed by atoms with van der Waals surface area (Å²) in [6.45, 7) is 4.45. The lowest BCUT2D eigenvalue weighted by Crippen LogP contribution is -2.31. The Hall–Kier alpha value is -0.820. The highest BCUT2D eigenvalue weighted by molar-refractivity contribution is 5.29. The Morgan fingerprint density at radius 1 is 1.41 bits per heavy atom. The fourth-order valence-corrected chi connectivity index (χ4v) is 3.09. The van der Waals surface area contributed by atoms with Crippen LogP contribution in [0.4, 0.5) is 0 Å². The van der Waals surface area contributed by atoms with Gasteiger partial charge in [-0.05, 0) is 42.7 Å². The van der Waals surface area contributed by atoms with Crippen molar-refractivity contribution in [3.63, 3.8) is 0 Å². The van der Waals surface area contributed by atoms with Crippen LogP contribution in [0, 0.1) is 5.92 Å². The largest absolute Gasteiger partial charge is 0.385 e. The van der Waals surface area contributed by atoms with E-state index in [1.807, 2.05) is 0 Å². The first-order valence-electron chi connectivity index (χ1n) is 6.96. The highest BCUT2D eigenvalue weighted by Crippen LogP contribution is 2.39. The number of benzene rings is 1. The van der Waals surface area contributed by atoms with Crippen LogP contribution in [0.15, 0.2) is 24.3 Å². The molecule has 2 atom stereocenters. The minimum absolute atomic E-state index is 0.568. The van der Waals surface area contributed by atoms with Crippen molar-refractivity contribution in [3.05, 3.63) is 35.4 Å². The van der Waals surface area contributed by atoms with Crippen LogP contribution in [0.3, 0.4) is 0 Å². The van der Waals surface area contributed by atoms with Crippen molar-refractivity contribution in [1.82, 2.24) is 0 Å². The molecule has 0 heterocycles. The lowest BCUT2D eigenvalue weighted by atomic mass is 9.75. The Kier molecular flexibility index (Phi) is 3.88. The third kappa shape index (κ3) is 2.90. The van der Waals surface area contributed by atoms with Gasteiger partial charge >= 0.3 is 0 Å². The van der Waals surface area contributed by atoms with Gasteiger partial charge < -0.3 is 5.11 Å². The van der Waals surface area contributed by atoms with Crippen molar-refractivity contribution in [1.29, 1.82) is 0 Å². The van der Waals surface area contributed by atoms with Crippen LogP contribution in [0.1, 0.15) is 57.1 Å². The summed E-state index contributed by atoms with van der Waals surface area (Å²) in [5.41, 5.74) is 1.92. The first-order chi connectivity index (χ1) is 8.14. The molecule has 1 aliphatic rings. The van der Waals surface area contributed by atoms with Gasteiger partial charge in [-0.15, -0.1) is 0 Å². The quantitative estimate of drug-likeness (QED) is 0.834. The Morgan fingerprint density at radius 3 is 2.94 bits per heavy atom. The topological polar surface area (TPSA) is 20.2 Å². The van der Waals surface area contributed by atoms with Crippen LogP contribution in [-0.4, -0.2) is 5.11 Å². The van der Waals surface area contributed by atoms with Gasteiger partial charge in [-0.1, -0.05) is 51.0 Å². The summed E-state index contributed by atoms with van der Waals surface area (Å²) in [5, 5.41) is 10.8. The average Bonchev–Trinajstić information content (AvgIpc) is 2.29. The van der Waals surface area contributed by atoms with Crippen molar-refractivity contribution >= 4 is 0 Å². The zero-order valence-corrected chi connectivity index (χ0v) is 11.1. The molecule has 1 heteroatoms. The molecule has 0 saturated heterocycles. The Labute approximate surface area is 105 Å². The molecule has 17 heavy (non-hydrogen) atoms. The van der Waals surface area contributed by atoms with E-state index in [-0.39, 0.29) is 0 Å². The van der Waals surface area contributed by atoms with Gasteiger partial charge in [0.2, 0.25) is 0 Å². The Morgan fingerprint density at radius 2 is 2.24 bits per heavy atom. The van der Waals surface area contributed by atoms with Gasteiger partial charge in [-0.3, -0.25) is 0 Å². The van der Waals surface area contributed by atoms with Crippen LogP contribution < -0.4 is 0 Å². The second-order valence-corrected chi connectivity index (χ2v) is 5.68. The third-order valence-corrected chi connectivity index (χ3v) is 3.98. The highest BCUT2D eigenvalue weighted by Gasteiger charge is 2.34. The van der Waals surface area contributed by atoms with Crippen molar-refractivity contribution in [2.45, 2.75) is 58.0 Å². The molecule has 2 rings (SSSR count). The molecule has 0 radical (unpaired) electrons. The summed E-state index contributed by atoms with van der Waals surface area (Å²) in [4.78, 5) is 0. The number of aliphatic hydroxyl groups is 1. The molecule has 0 amide bonds. The molecule has 0 bridgehead atoms. The van der Waals surface area contributed by atoms with E-state index < -0.39 is 5.60 Å². The smallest absolute Gasteiger partial charge is 0.0899 e. The molecule has 1 aliphatic carbocycles. The summed E-state index contributed by atoms with van der Waals surface area (Å²) in [5.74, 6) is 0.642. The Balaban J connectivity index is 2.22. The van der Waals surface area contributed by atoms with Crippen LogP contribution >= 0.6 is 0 Å². The van der Waals surface area contributed by atoms with Crippen molar-refractivity contribution in [2.24, 2.45) is 5.92 Å². The maximum Gasteiger partial charge on any atom is 0.0899 e. The second kappa shape index (κ2) is 5.22. The van der Waals surface area contributed by atoms with E-state index in [0.717, 1.165) is 37.7 Å². The molecule has 1 N–H and O–H groups in total. The molecule has 1 aromatic carbocycles. The number of rotatable bonds is 3. The Bertz CT molecular complexity index is 372. The lowest BCUT2D eigenvalue weighted by molar-refractivity contribution is -0.0179. The molecule has 1 nitrogen and oxygen atoms in total. The maximum atomic E-state index is 10.8. The molecule has 1 saturated carbocycles. The van der Waals surface area contributed by atoms with Crippen LogP contribution in [0.5, 0.6) is 0 Å². The van der Waals surface area contributed by atoms with E-state index in [9.17, 15) is 5.11 Å². The summed E-state index contributed by atoms with van der Waals surface area (Å²) in [7, 11) is 0. The molecule has 1 aromatic rings. The fraction of sp³-hybridized carbons (Fsp3) is 0.625. The summed E-state index contributed by atoms with van der Waals surface area (Å²) >= 11 is 0. The molecule has 94 valence electrons. The van der Waals surface area contributed by atoms with E-state index in [2.05, 4.69) is 38.1 Å². The standard InChI is InChI=1S/C16H24O/c1-3-6-14-8-4-9-15(11-14)16(17)10-5-7-13(2)12-16/h4,8-9,11,13,17H,3,5-7,10,12H2,1-2H3. The van der Waals surface area contributed by atoms with Gasteiger partial charge in [0.15, 0.2) is 0 Å². The van der Waals surface area contributed by atoms with Gasteiger partial charge in [0, 0.05) is 0 Å². The van der Waals surface area contributed by atoms with Crippen LogP contribution in [0.2, 0.25) is 0 Å². The molecule has 0 aromatic heterocycles. The maximum absolute atomic E-state index is 10.8. The SMILES string of the molecule is CCCc1cccc(C2(O)CCCC(C)C2)c1. The van der Waals surface area contributed by atoms with E-state index in [0.29, 0.717) is 5.92 Å². The first-order valence-corrected chi connectivity index (χ1v) is 6.96. The second-order valence-electron chi connectivity index (χ2n) is 5.68. The third-order valence-electron chi connectivity index (χ3n) is 3.98. The fourth-order valence-electron chi connectivity index (χ4n) is 3.09. The molecular weight excluding hydrogens is 208 g/mol.